The van der Waals surface area contributed by atoms with Gasteiger partial charge in [0.15, 0.2) is 0 Å². The molecule has 0 radical (unpaired) electrons. The summed E-state index contributed by atoms with van der Waals surface area (Å²) in [7, 11) is 0. The summed E-state index contributed by atoms with van der Waals surface area (Å²) in [4.78, 5) is 4.54. The second-order valence-electron chi connectivity index (χ2n) is 2.97. The zero-order valence-electron chi connectivity index (χ0n) is 7.46. The second-order valence-corrected chi connectivity index (χ2v) is 3.35. The first-order valence-corrected chi connectivity index (χ1v) is 4.64. The molecule has 74 valence electrons. The first-order valence-electron chi connectivity index (χ1n) is 4.26. The molecule has 0 unspecified atom stereocenters. The molecule has 0 saturated heterocycles. The molecule has 0 atom stereocenters. The molecule has 2 rings (SSSR count). The molecule has 2 aromatic rings. The molecule has 4 nitrogen and oxygen atoms in total. The quantitative estimate of drug-likeness (QED) is 0.759. The van der Waals surface area contributed by atoms with E-state index in [4.69, 9.17) is 17.5 Å². The Labute approximate surface area is 86.0 Å². The van der Waals surface area contributed by atoms with Gasteiger partial charge in [0.2, 0.25) is 0 Å². The fourth-order valence-electron chi connectivity index (χ4n) is 1.48. The molecule has 0 aliphatic carbocycles. The maximum absolute atomic E-state index is 5.97. The number of H-pyrrole nitrogens is 1. The summed E-state index contributed by atoms with van der Waals surface area (Å²) in [6.07, 6.45) is 0.729. The third-order valence-electron chi connectivity index (χ3n) is 2.11. The van der Waals surface area contributed by atoms with Crippen LogP contribution in [0.25, 0.3) is 10.9 Å². The van der Waals surface area contributed by atoms with Crippen LogP contribution in [-0.2, 0) is 11.3 Å². The van der Waals surface area contributed by atoms with Gasteiger partial charge in [0.1, 0.15) is 5.15 Å². The molecule has 0 amide bonds. The van der Waals surface area contributed by atoms with Gasteiger partial charge in [-0.25, -0.2) is 5.90 Å². The van der Waals surface area contributed by atoms with Crippen LogP contribution in [0.3, 0.4) is 0 Å². The number of nitrogens with one attached hydrogen (secondary N) is 1. The van der Waals surface area contributed by atoms with Crippen molar-refractivity contribution in [3.05, 3.63) is 28.9 Å². The molecule has 1 aromatic heterocycles. The van der Waals surface area contributed by atoms with E-state index in [1.807, 2.05) is 18.2 Å². The number of halogens is 1. The minimum absolute atomic E-state index is 0.473. The van der Waals surface area contributed by atoms with Crippen molar-refractivity contribution in [2.75, 3.05) is 6.61 Å². The highest BCUT2D eigenvalue weighted by Crippen LogP contribution is 2.24. The van der Waals surface area contributed by atoms with E-state index in [0.717, 1.165) is 22.9 Å². The highest BCUT2D eigenvalue weighted by Gasteiger charge is 2.07. The van der Waals surface area contributed by atoms with Gasteiger partial charge in [0.05, 0.1) is 12.1 Å². The monoisotopic (exact) mass is 211 g/mol. The van der Waals surface area contributed by atoms with Crippen LogP contribution in [-0.4, -0.2) is 16.8 Å². The largest absolute Gasteiger partial charge is 0.304 e. The highest BCUT2D eigenvalue weighted by molar-refractivity contribution is 6.34. The summed E-state index contributed by atoms with van der Waals surface area (Å²) < 4.78 is 0. The molecular formula is C9H10ClN3O. The van der Waals surface area contributed by atoms with Crippen LogP contribution in [0.2, 0.25) is 5.15 Å². The summed E-state index contributed by atoms with van der Waals surface area (Å²) in [6, 6.07) is 5.83. The Hall–Kier alpha value is -1.10. The van der Waals surface area contributed by atoms with E-state index < -0.39 is 0 Å². The van der Waals surface area contributed by atoms with Crippen LogP contribution < -0.4 is 5.90 Å². The van der Waals surface area contributed by atoms with E-state index in [1.54, 1.807) is 0 Å². The fraction of sp³-hybridized carbons (Fsp3) is 0.222. The average molecular weight is 212 g/mol. The minimum Gasteiger partial charge on any atom is -0.304 e. The Morgan fingerprint density at radius 1 is 1.50 bits per heavy atom. The Balaban J connectivity index is 2.46. The molecule has 0 fully saturated rings. The van der Waals surface area contributed by atoms with E-state index >= 15 is 0 Å². The lowest BCUT2D eigenvalue weighted by Crippen LogP contribution is -2.03. The van der Waals surface area contributed by atoms with Crippen LogP contribution in [0.4, 0.5) is 0 Å². The summed E-state index contributed by atoms with van der Waals surface area (Å²) in [5.74, 6) is 4.98. The van der Waals surface area contributed by atoms with Gasteiger partial charge in [-0.2, -0.15) is 5.10 Å². The Kier molecular flexibility index (Phi) is 2.67. The number of aromatic nitrogens is 2. The first-order chi connectivity index (χ1) is 6.83. The van der Waals surface area contributed by atoms with E-state index in [1.165, 1.54) is 0 Å². The van der Waals surface area contributed by atoms with Crippen molar-refractivity contribution in [3.8, 4) is 0 Å². The topological polar surface area (TPSA) is 63.9 Å². The Morgan fingerprint density at radius 3 is 3.14 bits per heavy atom. The Morgan fingerprint density at radius 2 is 2.36 bits per heavy atom. The molecule has 0 spiro atoms. The van der Waals surface area contributed by atoms with Crippen LogP contribution >= 0.6 is 11.6 Å². The first kappa shape index (κ1) is 9.45. The van der Waals surface area contributed by atoms with Crippen molar-refractivity contribution in [3.63, 3.8) is 0 Å². The molecular weight excluding hydrogens is 202 g/mol. The molecule has 1 aromatic carbocycles. The van der Waals surface area contributed by atoms with Crippen molar-refractivity contribution in [1.82, 2.24) is 10.2 Å². The Bertz CT molecular complexity index is 441. The third kappa shape index (κ3) is 1.59. The summed E-state index contributed by atoms with van der Waals surface area (Å²) in [5.41, 5.74) is 1.95. The van der Waals surface area contributed by atoms with Crippen LogP contribution in [0.1, 0.15) is 5.56 Å². The summed E-state index contributed by atoms with van der Waals surface area (Å²) in [5, 5.41) is 8.31. The molecule has 14 heavy (non-hydrogen) atoms. The van der Waals surface area contributed by atoms with Crippen molar-refractivity contribution >= 4 is 22.5 Å². The number of fused-ring (bicyclic) bond motifs is 1. The van der Waals surface area contributed by atoms with Gasteiger partial charge in [-0.1, -0.05) is 23.7 Å². The van der Waals surface area contributed by atoms with E-state index in [2.05, 4.69) is 15.0 Å². The van der Waals surface area contributed by atoms with Gasteiger partial charge >= 0.3 is 0 Å². The molecule has 0 aliphatic heterocycles. The van der Waals surface area contributed by atoms with E-state index in [9.17, 15) is 0 Å². The number of nitrogens with zero attached hydrogens (tertiary/aromatic N) is 1. The maximum Gasteiger partial charge on any atom is 0.132 e. The van der Waals surface area contributed by atoms with Gasteiger partial charge in [0, 0.05) is 5.39 Å². The van der Waals surface area contributed by atoms with Gasteiger partial charge in [0.25, 0.3) is 0 Å². The van der Waals surface area contributed by atoms with E-state index in [0.29, 0.717) is 11.8 Å². The predicted molar refractivity (Wildman–Crippen MR) is 54.9 cm³/mol. The lowest BCUT2D eigenvalue weighted by atomic mass is 10.1. The number of hydrogen-bond acceptors (Lipinski definition) is 3. The highest BCUT2D eigenvalue weighted by atomic mass is 35.5. The standard InChI is InChI=1S/C9H10ClN3O/c10-9-8-6(4-5-14-11)2-1-3-7(8)12-13-9/h1-3H,4-5,11H2,(H,12,13). The van der Waals surface area contributed by atoms with Crippen molar-refractivity contribution in [2.45, 2.75) is 6.42 Å². The average Bonchev–Trinajstić information content (AvgIpc) is 2.58. The van der Waals surface area contributed by atoms with Crippen molar-refractivity contribution < 1.29 is 4.84 Å². The molecule has 3 N–H and O–H groups in total. The minimum atomic E-state index is 0.473. The van der Waals surface area contributed by atoms with Crippen molar-refractivity contribution in [1.29, 1.82) is 0 Å². The summed E-state index contributed by atoms with van der Waals surface area (Å²) >= 11 is 5.97. The number of benzene rings is 1. The van der Waals surface area contributed by atoms with Gasteiger partial charge < -0.3 is 4.84 Å². The maximum atomic E-state index is 5.97. The molecule has 0 aliphatic rings. The number of rotatable bonds is 3. The van der Waals surface area contributed by atoms with Crippen molar-refractivity contribution in [2.24, 2.45) is 5.90 Å². The molecule has 0 bridgehead atoms. The fourth-order valence-corrected chi connectivity index (χ4v) is 1.74. The molecule has 0 saturated carbocycles. The lowest BCUT2D eigenvalue weighted by molar-refractivity contribution is 0.141. The van der Waals surface area contributed by atoms with E-state index in [-0.39, 0.29) is 0 Å². The van der Waals surface area contributed by atoms with Gasteiger partial charge in [-0.3, -0.25) is 5.10 Å². The zero-order chi connectivity index (χ0) is 9.97. The smallest absolute Gasteiger partial charge is 0.132 e. The van der Waals surface area contributed by atoms with Gasteiger partial charge in [-0.15, -0.1) is 0 Å². The number of nitrogens with two attached hydrogens (primary N) is 1. The van der Waals surface area contributed by atoms with Crippen LogP contribution in [0.15, 0.2) is 18.2 Å². The van der Waals surface area contributed by atoms with Crippen LogP contribution in [0, 0.1) is 0 Å². The third-order valence-corrected chi connectivity index (χ3v) is 2.39. The van der Waals surface area contributed by atoms with Crippen LogP contribution in [0.5, 0.6) is 0 Å². The number of aromatic amines is 1. The SMILES string of the molecule is NOCCc1cccc2n[nH]c(Cl)c12. The molecule has 5 heteroatoms. The second kappa shape index (κ2) is 3.96. The molecule has 1 heterocycles. The van der Waals surface area contributed by atoms with Gasteiger partial charge in [-0.05, 0) is 18.1 Å². The zero-order valence-corrected chi connectivity index (χ0v) is 8.21. The normalized spacial score (nSPS) is 11.0. The predicted octanol–water partition coefficient (Wildman–Crippen LogP) is 1.65. The summed E-state index contributed by atoms with van der Waals surface area (Å²) in [6.45, 7) is 0.473. The number of hydrogen-bond donors (Lipinski definition) is 2. The lowest BCUT2D eigenvalue weighted by Gasteiger charge is -2.01.